The zero-order valence-corrected chi connectivity index (χ0v) is 21.0. The number of unbranched alkanes of at least 4 members (excludes halogenated alkanes) is 4. The lowest BCUT2D eigenvalue weighted by molar-refractivity contribution is -0.230. The highest BCUT2D eigenvalue weighted by Crippen LogP contribution is 2.35. The number of carbonyl (C=O) groups is 1. The van der Waals surface area contributed by atoms with Crippen molar-refractivity contribution in [2.75, 3.05) is 19.8 Å². The minimum Gasteiger partial charge on any atom is -0.494 e. The second-order valence-corrected chi connectivity index (χ2v) is 9.91. The van der Waals surface area contributed by atoms with E-state index >= 15 is 0 Å². The number of rotatable bonds is 12. The molecule has 2 aliphatic rings. The molecule has 3 rings (SSSR count). The molecule has 1 saturated carbocycles. The molecule has 0 bridgehead atoms. The van der Waals surface area contributed by atoms with Crippen LogP contribution in [0.25, 0.3) is 0 Å². The highest BCUT2D eigenvalue weighted by molar-refractivity contribution is 5.75. The summed E-state index contributed by atoms with van der Waals surface area (Å²) in [6, 6.07) is 5.71. The van der Waals surface area contributed by atoms with Crippen LogP contribution in [-0.4, -0.2) is 32.1 Å². The summed E-state index contributed by atoms with van der Waals surface area (Å²) in [5.74, 6) is 2.23. The van der Waals surface area contributed by atoms with Crippen molar-refractivity contribution in [1.82, 2.24) is 0 Å². The van der Waals surface area contributed by atoms with Crippen LogP contribution in [0.5, 0.6) is 11.5 Å². The summed E-state index contributed by atoms with van der Waals surface area (Å²) in [4.78, 5) is 12.8. The van der Waals surface area contributed by atoms with Crippen molar-refractivity contribution in [2.45, 2.75) is 97.7 Å². The van der Waals surface area contributed by atoms with Crippen LogP contribution in [0.1, 0.15) is 90.0 Å². The van der Waals surface area contributed by atoms with Crippen LogP contribution < -0.4 is 9.47 Å². The van der Waals surface area contributed by atoms with Gasteiger partial charge < -0.3 is 18.9 Å². The van der Waals surface area contributed by atoms with Gasteiger partial charge in [-0.2, -0.15) is 0 Å². The van der Waals surface area contributed by atoms with E-state index in [1.54, 1.807) is 0 Å². The fraction of sp³-hybridized carbons (Fsp3) is 0.750. The van der Waals surface area contributed by atoms with Gasteiger partial charge in [-0.15, -0.1) is 0 Å². The van der Waals surface area contributed by atoms with Crippen LogP contribution in [0, 0.1) is 24.7 Å². The first-order valence-electron chi connectivity index (χ1n) is 13.3. The van der Waals surface area contributed by atoms with Crippen molar-refractivity contribution in [3.63, 3.8) is 0 Å². The van der Waals surface area contributed by atoms with E-state index in [9.17, 15) is 4.79 Å². The molecule has 2 fully saturated rings. The van der Waals surface area contributed by atoms with Crippen LogP contribution in [0.2, 0.25) is 0 Å². The first-order valence-corrected chi connectivity index (χ1v) is 13.3. The quantitative estimate of drug-likeness (QED) is 0.194. The van der Waals surface area contributed by atoms with Gasteiger partial charge in [0.25, 0.3) is 0 Å². The van der Waals surface area contributed by atoms with Gasteiger partial charge in [-0.1, -0.05) is 46.0 Å². The van der Waals surface area contributed by atoms with Crippen LogP contribution in [0.3, 0.4) is 0 Å². The topological polar surface area (TPSA) is 54.0 Å². The van der Waals surface area contributed by atoms with Gasteiger partial charge in [0.1, 0.15) is 11.5 Å². The van der Waals surface area contributed by atoms with Gasteiger partial charge in [0.15, 0.2) is 6.29 Å². The minimum atomic E-state index is -0.116. The Balaban J connectivity index is 1.38. The number of aryl methyl sites for hydroxylation is 1. The maximum Gasteiger partial charge on any atom is 0.314 e. The molecule has 1 heterocycles. The molecule has 0 aromatic heterocycles. The van der Waals surface area contributed by atoms with Gasteiger partial charge in [-0.25, -0.2) is 0 Å². The predicted octanol–water partition coefficient (Wildman–Crippen LogP) is 6.85. The Morgan fingerprint density at radius 3 is 2.33 bits per heavy atom. The Bertz CT molecular complexity index is 702. The van der Waals surface area contributed by atoms with Crippen molar-refractivity contribution >= 4 is 5.97 Å². The number of hydrogen-bond acceptors (Lipinski definition) is 5. The van der Waals surface area contributed by atoms with Gasteiger partial charge in [-0.3, -0.25) is 4.79 Å². The molecule has 33 heavy (non-hydrogen) atoms. The molecular weight excluding hydrogens is 416 g/mol. The van der Waals surface area contributed by atoms with E-state index in [1.165, 1.54) is 38.5 Å². The van der Waals surface area contributed by atoms with E-state index < -0.39 is 0 Å². The summed E-state index contributed by atoms with van der Waals surface area (Å²) in [6.45, 7) is 8.73. The second kappa shape index (κ2) is 14.0. The largest absolute Gasteiger partial charge is 0.494 e. The van der Waals surface area contributed by atoms with Crippen molar-refractivity contribution in [1.29, 1.82) is 0 Å². The zero-order valence-electron chi connectivity index (χ0n) is 21.0. The third-order valence-electron chi connectivity index (χ3n) is 7.07. The maximum atomic E-state index is 12.8. The summed E-state index contributed by atoms with van der Waals surface area (Å²) in [5.41, 5.74) is 0.933. The van der Waals surface area contributed by atoms with E-state index in [1.807, 2.05) is 25.1 Å². The molecule has 0 radical (unpaired) electrons. The zero-order chi connectivity index (χ0) is 23.5. The van der Waals surface area contributed by atoms with E-state index in [4.69, 9.17) is 18.9 Å². The Hall–Kier alpha value is -1.59. The highest BCUT2D eigenvalue weighted by Gasteiger charge is 2.35. The molecule has 0 unspecified atom stereocenters. The first-order chi connectivity index (χ1) is 16.1. The van der Waals surface area contributed by atoms with E-state index in [0.29, 0.717) is 17.6 Å². The molecule has 1 aromatic rings. The Kier molecular flexibility index (Phi) is 11.0. The molecule has 0 N–H and O–H groups in total. The van der Waals surface area contributed by atoms with Gasteiger partial charge in [0, 0.05) is 11.8 Å². The summed E-state index contributed by atoms with van der Waals surface area (Å²) < 4.78 is 23.7. The molecule has 0 spiro atoms. The fourth-order valence-electron chi connectivity index (χ4n) is 4.87. The lowest BCUT2D eigenvalue weighted by Crippen LogP contribution is -2.39. The Morgan fingerprint density at radius 1 is 0.970 bits per heavy atom. The van der Waals surface area contributed by atoms with Gasteiger partial charge in [0.2, 0.25) is 0 Å². The summed E-state index contributed by atoms with van der Waals surface area (Å²) in [5, 5.41) is 0. The Labute approximate surface area is 200 Å². The van der Waals surface area contributed by atoms with Crippen LogP contribution >= 0.6 is 0 Å². The molecule has 1 saturated heterocycles. The number of benzene rings is 1. The van der Waals surface area contributed by atoms with Crippen molar-refractivity contribution < 1.29 is 23.7 Å². The molecule has 0 amide bonds. The van der Waals surface area contributed by atoms with Gasteiger partial charge >= 0.3 is 5.97 Å². The summed E-state index contributed by atoms with van der Waals surface area (Å²) in [7, 11) is 0. The molecule has 1 aromatic carbocycles. The van der Waals surface area contributed by atoms with E-state index in [-0.39, 0.29) is 18.2 Å². The third kappa shape index (κ3) is 8.29. The highest BCUT2D eigenvalue weighted by atomic mass is 16.7. The molecule has 5 nitrogen and oxygen atoms in total. The van der Waals surface area contributed by atoms with E-state index in [2.05, 4.69) is 13.8 Å². The predicted molar refractivity (Wildman–Crippen MR) is 131 cm³/mol. The number of carbonyl (C=O) groups excluding carboxylic acids is 1. The second-order valence-electron chi connectivity index (χ2n) is 9.91. The SMILES string of the molecule is CCCCCOc1ccc(OC(=O)C2CCC(C3OCC(CCCCC)CO3)CC2)c(C)c1. The number of esters is 1. The first kappa shape index (κ1) is 26.0. The van der Waals surface area contributed by atoms with Crippen LogP contribution in [0.15, 0.2) is 18.2 Å². The smallest absolute Gasteiger partial charge is 0.314 e. The molecule has 5 heteroatoms. The fourth-order valence-corrected chi connectivity index (χ4v) is 4.87. The average molecular weight is 461 g/mol. The van der Waals surface area contributed by atoms with Crippen LogP contribution in [-0.2, 0) is 14.3 Å². The lowest BCUT2D eigenvalue weighted by Gasteiger charge is -2.37. The third-order valence-corrected chi connectivity index (χ3v) is 7.07. The van der Waals surface area contributed by atoms with Crippen molar-refractivity contribution in [2.24, 2.45) is 17.8 Å². The minimum absolute atomic E-state index is 0.0454. The molecule has 0 atom stereocenters. The molecule has 186 valence electrons. The monoisotopic (exact) mass is 460 g/mol. The maximum absolute atomic E-state index is 12.8. The molecule has 1 aliphatic carbocycles. The van der Waals surface area contributed by atoms with Crippen molar-refractivity contribution in [3.05, 3.63) is 23.8 Å². The van der Waals surface area contributed by atoms with Crippen molar-refractivity contribution in [3.8, 4) is 11.5 Å². The van der Waals surface area contributed by atoms with E-state index in [0.717, 1.165) is 63.2 Å². The molecule has 1 aliphatic heterocycles. The van der Waals surface area contributed by atoms with Crippen LogP contribution in [0.4, 0.5) is 0 Å². The summed E-state index contributed by atoms with van der Waals surface area (Å²) in [6.07, 6.45) is 11.9. The van der Waals surface area contributed by atoms with Gasteiger partial charge in [-0.05, 0) is 69.2 Å². The standard InChI is InChI=1S/C28H44O5/c1-4-6-8-10-22-19-31-28(32-20-22)24-13-11-23(12-14-24)27(29)33-26-16-15-25(18-21(26)3)30-17-9-7-5-2/h15-16,18,22-24,28H,4-14,17,19-20H2,1-3H3. The number of ether oxygens (including phenoxy) is 4. The lowest BCUT2D eigenvalue weighted by atomic mass is 9.81. The average Bonchev–Trinajstić information content (AvgIpc) is 2.84. The normalized spacial score (nSPS) is 25.5. The summed E-state index contributed by atoms with van der Waals surface area (Å²) >= 11 is 0. The Morgan fingerprint density at radius 2 is 1.67 bits per heavy atom. The molecular formula is C28H44O5. The van der Waals surface area contributed by atoms with Gasteiger partial charge in [0.05, 0.1) is 25.7 Å². The number of hydrogen-bond donors (Lipinski definition) is 0.